The highest BCUT2D eigenvalue weighted by Gasteiger charge is 2.30. The molecule has 2 atom stereocenters. The molecule has 1 amide bonds. The van der Waals surface area contributed by atoms with Crippen LogP contribution in [0, 0.1) is 0 Å². The summed E-state index contributed by atoms with van der Waals surface area (Å²) in [5.41, 5.74) is 0.882. The Kier molecular flexibility index (Phi) is 3.42. The number of phenolic OH excluding ortho intramolecular Hbond substituents is 1. The molecule has 19 heavy (non-hydrogen) atoms. The Balaban J connectivity index is 1.64. The lowest BCUT2D eigenvalue weighted by atomic mass is 10.1. The van der Waals surface area contributed by atoms with E-state index in [4.69, 9.17) is 0 Å². The van der Waals surface area contributed by atoms with Crippen LogP contribution in [0.2, 0.25) is 0 Å². The molecule has 2 aliphatic rings. The fraction of sp³-hybridized carbons (Fsp3) is 0.533. The molecule has 3 rings (SSSR count). The number of phenols is 1. The number of hydrogen-bond acceptors (Lipinski definition) is 3. The third-order valence-electron chi connectivity index (χ3n) is 4.14. The minimum absolute atomic E-state index is 0.167. The Morgan fingerprint density at radius 3 is 3.00 bits per heavy atom. The second kappa shape index (κ2) is 5.21. The van der Waals surface area contributed by atoms with Crippen molar-refractivity contribution < 1.29 is 9.90 Å². The quantitative estimate of drug-likeness (QED) is 0.842. The molecule has 102 valence electrons. The Morgan fingerprint density at radius 2 is 2.16 bits per heavy atom. The van der Waals surface area contributed by atoms with Crippen LogP contribution in [0.25, 0.3) is 0 Å². The van der Waals surface area contributed by atoms with Crippen LogP contribution in [0.5, 0.6) is 5.75 Å². The summed E-state index contributed by atoms with van der Waals surface area (Å²) in [6, 6.07) is 8.04. The Morgan fingerprint density at radius 1 is 1.32 bits per heavy atom. The third-order valence-corrected chi connectivity index (χ3v) is 4.14. The number of amides is 1. The van der Waals surface area contributed by atoms with Gasteiger partial charge in [-0.05, 0) is 37.0 Å². The number of nitrogens with one attached hydrogen (secondary N) is 1. The molecular weight excluding hydrogens is 240 g/mol. The van der Waals surface area contributed by atoms with E-state index in [9.17, 15) is 9.90 Å². The van der Waals surface area contributed by atoms with Gasteiger partial charge in [0.25, 0.3) is 0 Å². The molecule has 2 fully saturated rings. The van der Waals surface area contributed by atoms with E-state index in [-0.39, 0.29) is 11.7 Å². The highest BCUT2D eigenvalue weighted by molar-refractivity contribution is 5.79. The van der Waals surface area contributed by atoms with Crippen molar-refractivity contribution >= 4 is 5.91 Å². The number of aromatic hydroxyl groups is 1. The maximum Gasteiger partial charge on any atom is 0.227 e. The zero-order chi connectivity index (χ0) is 13.2. The molecule has 2 heterocycles. The van der Waals surface area contributed by atoms with Gasteiger partial charge >= 0.3 is 0 Å². The van der Waals surface area contributed by atoms with E-state index < -0.39 is 0 Å². The Hall–Kier alpha value is -1.55. The van der Waals surface area contributed by atoms with Crippen molar-refractivity contribution in [2.75, 3.05) is 13.1 Å². The molecule has 2 N–H and O–H groups in total. The fourth-order valence-electron chi connectivity index (χ4n) is 3.12. The summed E-state index contributed by atoms with van der Waals surface area (Å²) in [6.45, 7) is 1.68. The topological polar surface area (TPSA) is 52.6 Å². The average molecular weight is 260 g/mol. The van der Waals surface area contributed by atoms with E-state index >= 15 is 0 Å². The number of carbonyl (C=O) groups is 1. The molecule has 0 saturated carbocycles. The van der Waals surface area contributed by atoms with Gasteiger partial charge in [0.2, 0.25) is 5.91 Å². The van der Waals surface area contributed by atoms with Gasteiger partial charge in [0.05, 0.1) is 6.42 Å². The first-order chi connectivity index (χ1) is 9.20. The molecule has 2 bridgehead atoms. The minimum Gasteiger partial charge on any atom is -0.508 e. The molecule has 2 saturated heterocycles. The zero-order valence-electron chi connectivity index (χ0n) is 11.0. The van der Waals surface area contributed by atoms with Crippen LogP contribution in [0.15, 0.2) is 24.3 Å². The van der Waals surface area contributed by atoms with Crippen molar-refractivity contribution in [1.29, 1.82) is 0 Å². The summed E-state index contributed by atoms with van der Waals surface area (Å²) in [7, 11) is 0. The number of nitrogens with zero attached hydrogens (tertiary/aromatic N) is 1. The standard InChI is InChI=1S/C15H20N2O2/c18-14-3-1-2-11(8-14)9-15(19)17-7-6-12-4-5-13(10-17)16-12/h1-3,8,12-13,16,18H,4-7,9-10H2. The first kappa shape index (κ1) is 12.5. The second-order valence-electron chi connectivity index (χ2n) is 5.61. The van der Waals surface area contributed by atoms with Crippen molar-refractivity contribution in [2.24, 2.45) is 0 Å². The molecule has 4 heteroatoms. The maximum absolute atomic E-state index is 12.3. The number of likely N-dealkylation sites (tertiary alicyclic amines) is 1. The Bertz CT molecular complexity index is 475. The van der Waals surface area contributed by atoms with Crippen LogP contribution < -0.4 is 5.32 Å². The highest BCUT2D eigenvalue weighted by Crippen LogP contribution is 2.21. The van der Waals surface area contributed by atoms with Crippen LogP contribution in [-0.2, 0) is 11.2 Å². The molecule has 2 aliphatic heterocycles. The summed E-state index contributed by atoms with van der Waals surface area (Å²) in [5, 5.41) is 13.0. The predicted octanol–water partition coefficient (Wildman–Crippen LogP) is 1.29. The molecule has 4 nitrogen and oxygen atoms in total. The third kappa shape index (κ3) is 2.89. The number of hydrogen-bond donors (Lipinski definition) is 2. The lowest BCUT2D eigenvalue weighted by Gasteiger charge is -2.24. The van der Waals surface area contributed by atoms with Crippen LogP contribution >= 0.6 is 0 Å². The molecule has 0 radical (unpaired) electrons. The van der Waals surface area contributed by atoms with E-state index in [0.717, 1.165) is 25.1 Å². The first-order valence-corrected chi connectivity index (χ1v) is 7.02. The molecule has 2 unspecified atom stereocenters. The number of carbonyl (C=O) groups excluding carboxylic acids is 1. The lowest BCUT2D eigenvalue weighted by molar-refractivity contribution is -0.130. The van der Waals surface area contributed by atoms with Crippen molar-refractivity contribution in [2.45, 2.75) is 37.8 Å². The first-order valence-electron chi connectivity index (χ1n) is 7.02. The number of fused-ring (bicyclic) bond motifs is 2. The number of rotatable bonds is 2. The van der Waals surface area contributed by atoms with E-state index in [2.05, 4.69) is 5.32 Å². The summed E-state index contributed by atoms with van der Waals surface area (Å²) in [6.07, 6.45) is 3.87. The van der Waals surface area contributed by atoms with Crippen molar-refractivity contribution in [3.63, 3.8) is 0 Å². The molecule has 0 spiro atoms. The summed E-state index contributed by atoms with van der Waals surface area (Å²) < 4.78 is 0. The van der Waals surface area contributed by atoms with Gasteiger partial charge in [0.15, 0.2) is 0 Å². The van der Waals surface area contributed by atoms with E-state index in [1.54, 1.807) is 18.2 Å². The van der Waals surface area contributed by atoms with E-state index in [1.165, 1.54) is 12.8 Å². The van der Waals surface area contributed by atoms with Gasteiger partial charge in [0, 0.05) is 25.2 Å². The van der Waals surface area contributed by atoms with Gasteiger partial charge in [-0.15, -0.1) is 0 Å². The van der Waals surface area contributed by atoms with Gasteiger partial charge in [0.1, 0.15) is 5.75 Å². The Labute approximate surface area is 113 Å². The monoisotopic (exact) mass is 260 g/mol. The molecule has 0 aliphatic carbocycles. The van der Waals surface area contributed by atoms with E-state index in [1.807, 2.05) is 11.0 Å². The van der Waals surface area contributed by atoms with Crippen molar-refractivity contribution in [1.82, 2.24) is 10.2 Å². The second-order valence-corrected chi connectivity index (χ2v) is 5.61. The number of benzene rings is 1. The summed E-state index contributed by atoms with van der Waals surface area (Å²) >= 11 is 0. The van der Waals surface area contributed by atoms with Gasteiger partial charge in [-0.3, -0.25) is 4.79 Å². The van der Waals surface area contributed by atoms with Crippen LogP contribution in [-0.4, -0.2) is 41.1 Å². The predicted molar refractivity (Wildman–Crippen MR) is 73.0 cm³/mol. The van der Waals surface area contributed by atoms with Gasteiger partial charge < -0.3 is 15.3 Å². The van der Waals surface area contributed by atoms with Crippen LogP contribution in [0.4, 0.5) is 0 Å². The highest BCUT2D eigenvalue weighted by atomic mass is 16.3. The van der Waals surface area contributed by atoms with Gasteiger partial charge in [-0.1, -0.05) is 12.1 Å². The molecule has 0 aromatic heterocycles. The van der Waals surface area contributed by atoms with Crippen LogP contribution in [0.1, 0.15) is 24.8 Å². The molecule has 1 aromatic rings. The molecular formula is C15H20N2O2. The van der Waals surface area contributed by atoms with E-state index in [0.29, 0.717) is 18.5 Å². The van der Waals surface area contributed by atoms with Crippen molar-refractivity contribution in [3.8, 4) is 5.75 Å². The SMILES string of the molecule is O=C(Cc1cccc(O)c1)N1CCC2CCC(C1)N2. The summed E-state index contributed by atoms with van der Waals surface area (Å²) in [4.78, 5) is 14.3. The summed E-state index contributed by atoms with van der Waals surface area (Å²) in [5.74, 6) is 0.391. The normalized spacial score (nSPS) is 26.2. The van der Waals surface area contributed by atoms with Gasteiger partial charge in [-0.2, -0.15) is 0 Å². The maximum atomic E-state index is 12.3. The van der Waals surface area contributed by atoms with Crippen molar-refractivity contribution in [3.05, 3.63) is 29.8 Å². The molecule has 1 aromatic carbocycles. The lowest BCUT2D eigenvalue weighted by Crippen LogP contribution is -2.39. The minimum atomic E-state index is 0.167. The smallest absolute Gasteiger partial charge is 0.227 e. The average Bonchev–Trinajstić information content (AvgIpc) is 2.68. The van der Waals surface area contributed by atoms with Gasteiger partial charge in [-0.25, -0.2) is 0 Å². The van der Waals surface area contributed by atoms with Crippen LogP contribution in [0.3, 0.4) is 0 Å². The largest absolute Gasteiger partial charge is 0.508 e. The zero-order valence-corrected chi connectivity index (χ0v) is 11.0. The fourth-order valence-corrected chi connectivity index (χ4v) is 3.12.